The molecular weight excluding hydrogens is 432 g/mol. The number of hydrogen-bond acceptors (Lipinski definition) is 4. The van der Waals surface area contributed by atoms with Gasteiger partial charge in [-0.3, -0.25) is 19.7 Å². The van der Waals surface area contributed by atoms with E-state index in [1.165, 1.54) is 9.80 Å². The first kappa shape index (κ1) is 21.8. The van der Waals surface area contributed by atoms with Crippen molar-refractivity contribution in [1.29, 1.82) is 0 Å². The van der Waals surface area contributed by atoms with E-state index in [0.717, 1.165) is 16.7 Å². The fourth-order valence-electron chi connectivity index (χ4n) is 3.96. The minimum Gasteiger partial charge on any atom is -0.323 e. The van der Waals surface area contributed by atoms with Gasteiger partial charge in [-0.25, -0.2) is 4.79 Å². The Labute approximate surface area is 190 Å². The molecule has 0 aliphatic carbocycles. The summed E-state index contributed by atoms with van der Waals surface area (Å²) in [4.78, 5) is 52.0. The van der Waals surface area contributed by atoms with Crippen molar-refractivity contribution < 1.29 is 19.2 Å². The standard InChI is InChI=1S/C23H23ClN4O4/c1-13-3-5-16(10-18(13)24)25-23(32)27(2)11-14-4-6-17-15(9-14)12-28(22(17)31)19-7-8-20(29)26-21(19)30/h3-6,9-10,19H,7-8,11-12H2,1-2H3,(H,25,32)(H,26,29,30). The van der Waals surface area contributed by atoms with Crippen molar-refractivity contribution >= 4 is 41.0 Å². The number of urea groups is 1. The van der Waals surface area contributed by atoms with Gasteiger partial charge in [0.2, 0.25) is 11.8 Å². The van der Waals surface area contributed by atoms with Crippen LogP contribution < -0.4 is 10.6 Å². The van der Waals surface area contributed by atoms with Crippen molar-refractivity contribution in [2.75, 3.05) is 12.4 Å². The molecule has 2 aromatic rings. The van der Waals surface area contributed by atoms with Crippen molar-refractivity contribution in [2.45, 2.75) is 38.9 Å². The average Bonchev–Trinajstić information content (AvgIpc) is 3.06. The van der Waals surface area contributed by atoms with Crippen LogP contribution in [0, 0.1) is 6.92 Å². The molecule has 9 heteroatoms. The summed E-state index contributed by atoms with van der Waals surface area (Å²) in [6, 6.07) is 9.80. The van der Waals surface area contributed by atoms with Gasteiger partial charge >= 0.3 is 6.03 Å². The fourth-order valence-corrected chi connectivity index (χ4v) is 4.14. The third-order valence-electron chi connectivity index (χ3n) is 5.78. The van der Waals surface area contributed by atoms with Crippen molar-refractivity contribution in [2.24, 2.45) is 0 Å². The zero-order valence-electron chi connectivity index (χ0n) is 17.8. The van der Waals surface area contributed by atoms with Crippen LogP contribution in [0.2, 0.25) is 5.02 Å². The van der Waals surface area contributed by atoms with Gasteiger partial charge in [-0.2, -0.15) is 0 Å². The first-order chi connectivity index (χ1) is 15.2. The minimum atomic E-state index is -0.647. The van der Waals surface area contributed by atoms with Gasteiger partial charge in [0, 0.05) is 42.8 Å². The molecule has 2 aliphatic rings. The van der Waals surface area contributed by atoms with E-state index in [9.17, 15) is 19.2 Å². The van der Waals surface area contributed by atoms with E-state index in [-0.39, 0.29) is 24.3 Å². The van der Waals surface area contributed by atoms with Crippen molar-refractivity contribution in [3.8, 4) is 0 Å². The molecule has 32 heavy (non-hydrogen) atoms. The highest BCUT2D eigenvalue weighted by Gasteiger charge is 2.39. The molecule has 1 atom stereocenters. The van der Waals surface area contributed by atoms with E-state index in [4.69, 9.17) is 11.6 Å². The second-order valence-corrected chi connectivity index (χ2v) is 8.55. The lowest BCUT2D eigenvalue weighted by atomic mass is 10.0. The number of piperidine rings is 1. The number of benzene rings is 2. The normalized spacial score (nSPS) is 17.8. The van der Waals surface area contributed by atoms with Gasteiger partial charge in [-0.15, -0.1) is 0 Å². The second kappa shape index (κ2) is 8.63. The van der Waals surface area contributed by atoms with E-state index in [1.807, 2.05) is 19.1 Å². The summed E-state index contributed by atoms with van der Waals surface area (Å²) in [6.45, 7) is 2.53. The predicted octanol–water partition coefficient (Wildman–Crippen LogP) is 3.07. The molecule has 1 saturated heterocycles. The van der Waals surface area contributed by atoms with E-state index in [1.54, 1.807) is 31.3 Å². The molecule has 8 nitrogen and oxygen atoms in total. The molecule has 0 aromatic heterocycles. The number of carbonyl (C=O) groups excluding carboxylic acids is 4. The number of carbonyl (C=O) groups is 4. The quantitative estimate of drug-likeness (QED) is 0.693. The topological polar surface area (TPSA) is 98.8 Å². The smallest absolute Gasteiger partial charge is 0.321 e. The van der Waals surface area contributed by atoms with Crippen LogP contribution in [-0.4, -0.2) is 46.6 Å². The van der Waals surface area contributed by atoms with E-state index in [2.05, 4.69) is 10.6 Å². The number of rotatable bonds is 4. The third-order valence-corrected chi connectivity index (χ3v) is 6.18. The van der Waals surface area contributed by atoms with Crippen LogP contribution in [0.3, 0.4) is 0 Å². The molecule has 0 saturated carbocycles. The highest BCUT2D eigenvalue weighted by molar-refractivity contribution is 6.31. The number of amides is 5. The number of aryl methyl sites for hydroxylation is 1. The Hall–Kier alpha value is -3.39. The van der Waals surface area contributed by atoms with Crippen LogP contribution >= 0.6 is 11.6 Å². The molecule has 166 valence electrons. The lowest BCUT2D eigenvalue weighted by Crippen LogP contribution is -2.52. The van der Waals surface area contributed by atoms with Crippen LogP contribution in [-0.2, 0) is 22.7 Å². The maximum absolute atomic E-state index is 12.8. The number of nitrogens with one attached hydrogen (secondary N) is 2. The SMILES string of the molecule is Cc1ccc(NC(=O)N(C)Cc2ccc3c(c2)CN(C2CCC(=O)NC2=O)C3=O)cc1Cl. The van der Waals surface area contributed by atoms with Crippen LogP contribution in [0.25, 0.3) is 0 Å². The maximum atomic E-state index is 12.8. The van der Waals surface area contributed by atoms with Crippen molar-refractivity contribution in [1.82, 2.24) is 15.1 Å². The van der Waals surface area contributed by atoms with Crippen molar-refractivity contribution in [3.63, 3.8) is 0 Å². The molecule has 1 unspecified atom stereocenters. The molecule has 4 rings (SSSR count). The van der Waals surface area contributed by atoms with Gasteiger partial charge < -0.3 is 15.1 Å². The Bertz CT molecular complexity index is 1130. The number of nitrogens with zero attached hydrogens (tertiary/aromatic N) is 2. The van der Waals surface area contributed by atoms with Gasteiger partial charge in [-0.05, 0) is 48.2 Å². The van der Waals surface area contributed by atoms with Crippen LogP contribution in [0.1, 0.15) is 39.9 Å². The predicted molar refractivity (Wildman–Crippen MR) is 119 cm³/mol. The van der Waals surface area contributed by atoms with Crippen LogP contribution in [0.15, 0.2) is 36.4 Å². The highest BCUT2D eigenvalue weighted by atomic mass is 35.5. The minimum absolute atomic E-state index is 0.216. The van der Waals surface area contributed by atoms with E-state index >= 15 is 0 Å². The van der Waals surface area contributed by atoms with Crippen molar-refractivity contribution in [3.05, 3.63) is 63.7 Å². The molecule has 0 spiro atoms. The summed E-state index contributed by atoms with van der Waals surface area (Å²) in [5, 5.41) is 5.69. The first-order valence-corrected chi connectivity index (χ1v) is 10.7. The Morgan fingerprint density at radius 2 is 2.00 bits per heavy atom. The summed E-state index contributed by atoms with van der Waals surface area (Å²) in [6.07, 6.45) is 0.539. The number of fused-ring (bicyclic) bond motifs is 1. The van der Waals surface area contributed by atoms with Gasteiger partial charge in [0.05, 0.1) is 0 Å². The van der Waals surface area contributed by atoms with Crippen LogP contribution in [0.5, 0.6) is 0 Å². The number of halogens is 1. The number of imide groups is 1. The molecule has 5 amide bonds. The largest absolute Gasteiger partial charge is 0.323 e. The zero-order chi connectivity index (χ0) is 23.0. The van der Waals surface area contributed by atoms with Crippen LogP contribution in [0.4, 0.5) is 10.5 Å². The Morgan fingerprint density at radius 1 is 1.22 bits per heavy atom. The molecule has 1 fully saturated rings. The summed E-state index contributed by atoms with van der Waals surface area (Å²) < 4.78 is 0. The maximum Gasteiger partial charge on any atom is 0.321 e. The van der Waals surface area contributed by atoms with Gasteiger partial charge in [-0.1, -0.05) is 29.8 Å². The van der Waals surface area contributed by atoms with Gasteiger partial charge in [0.15, 0.2) is 0 Å². The zero-order valence-corrected chi connectivity index (χ0v) is 18.5. The monoisotopic (exact) mass is 454 g/mol. The summed E-state index contributed by atoms with van der Waals surface area (Å²) >= 11 is 6.12. The molecule has 2 N–H and O–H groups in total. The lowest BCUT2D eigenvalue weighted by Gasteiger charge is -2.29. The first-order valence-electron chi connectivity index (χ1n) is 10.3. The third kappa shape index (κ3) is 4.31. The molecule has 2 heterocycles. The summed E-state index contributed by atoms with van der Waals surface area (Å²) in [7, 11) is 1.68. The Balaban J connectivity index is 1.42. The number of hydrogen-bond donors (Lipinski definition) is 2. The number of anilines is 1. The molecule has 2 aliphatic heterocycles. The van der Waals surface area contributed by atoms with E-state index < -0.39 is 11.9 Å². The summed E-state index contributed by atoms with van der Waals surface area (Å²) in [5.74, 6) is -0.967. The average molecular weight is 455 g/mol. The molecule has 0 bridgehead atoms. The lowest BCUT2D eigenvalue weighted by molar-refractivity contribution is -0.136. The Morgan fingerprint density at radius 3 is 2.72 bits per heavy atom. The summed E-state index contributed by atoms with van der Waals surface area (Å²) in [5.41, 5.74) is 3.74. The molecule has 0 radical (unpaired) electrons. The fraction of sp³-hybridized carbons (Fsp3) is 0.304. The Kier molecular flexibility index (Phi) is 5.88. The molecular formula is C23H23ClN4O4. The second-order valence-electron chi connectivity index (χ2n) is 8.14. The molecule has 2 aromatic carbocycles. The highest BCUT2D eigenvalue weighted by Crippen LogP contribution is 2.28. The van der Waals surface area contributed by atoms with Gasteiger partial charge in [0.1, 0.15) is 6.04 Å². The van der Waals surface area contributed by atoms with Gasteiger partial charge in [0.25, 0.3) is 5.91 Å². The van der Waals surface area contributed by atoms with E-state index in [0.29, 0.717) is 35.8 Å².